The first-order valence-corrected chi connectivity index (χ1v) is 6.99. The van der Waals surface area contributed by atoms with E-state index < -0.39 is 0 Å². The number of aryl methyl sites for hydroxylation is 1. The molecular weight excluding hydrogens is 258 g/mol. The summed E-state index contributed by atoms with van der Waals surface area (Å²) in [7, 11) is 1.66. The van der Waals surface area contributed by atoms with Crippen LogP contribution in [0.4, 0.5) is 0 Å². The number of rotatable bonds is 5. The van der Waals surface area contributed by atoms with Crippen LogP contribution in [0.2, 0.25) is 0 Å². The van der Waals surface area contributed by atoms with Gasteiger partial charge in [0.1, 0.15) is 5.75 Å². The van der Waals surface area contributed by atoms with Gasteiger partial charge in [-0.2, -0.15) is 0 Å². The lowest BCUT2D eigenvalue weighted by molar-refractivity contribution is -0.120. The summed E-state index contributed by atoms with van der Waals surface area (Å²) in [6.07, 6.45) is 0.451. The monoisotopic (exact) mass is 275 g/mol. The van der Waals surface area contributed by atoms with E-state index in [1.165, 1.54) is 0 Å². The fraction of sp³-hybridized carbons (Fsp3) is 0.267. The van der Waals surface area contributed by atoms with E-state index in [2.05, 4.69) is 5.32 Å². The molecule has 0 saturated heterocycles. The molecule has 1 heterocycles. The molecule has 0 saturated carbocycles. The van der Waals surface area contributed by atoms with Crippen LogP contribution in [0.5, 0.6) is 5.75 Å². The molecule has 0 fully saturated rings. The quantitative estimate of drug-likeness (QED) is 0.911. The molecule has 0 radical (unpaired) electrons. The second-order valence-electron chi connectivity index (χ2n) is 4.34. The Labute approximate surface area is 117 Å². The molecule has 1 aromatic carbocycles. The molecule has 1 N–H and O–H groups in total. The fourth-order valence-corrected chi connectivity index (χ4v) is 2.59. The number of carbonyl (C=O) groups excluding carboxylic acids is 1. The van der Waals surface area contributed by atoms with Crippen molar-refractivity contribution in [1.29, 1.82) is 0 Å². The average molecular weight is 275 g/mol. The summed E-state index contributed by atoms with van der Waals surface area (Å²) in [6.45, 7) is 2.55. The number of carbonyl (C=O) groups is 1. The molecule has 2 aromatic rings. The van der Waals surface area contributed by atoms with E-state index in [9.17, 15) is 4.79 Å². The first-order chi connectivity index (χ1) is 9.19. The van der Waals surface area contributed by atoms with E-state index in [-0.39, 0.29) is 5.91 Å². The van der Waals surface area contributed by atoms with Crippen molar-refractivity contribution < 1.29 is 9.53 Å². The number of hydrogen-bond acceptors (Lipinski definition) is 3. The van der Waals surface area contributed by atoms with Gasteiger partial charge >= 0.3 is 0 Å². The van der Waals surface area contributed by atoms with Crippen molar-refractivity contribution in [3.05, 3.63) is 51.7 Å². The number of benzene rings is 1. The summed E-state index contributed by atoms with van der Waals surface area (Å²) in [5.74, 6) is 0.921. The van der Waals surface area contributed by atoms with Crippen molar-refractivity contribution in [1.82, 2.24) is 5.32 Å². The third-order valence-electron chi connectivity index (χ3n) is 2.86. The van der Waals surface area contributed by atoms with Crippen LogP contribution in [0.25, 0.3) is 0 Å². The van der Waals surface area contributed by atoms with Gasteiger partial charge in [0, 0.05) is 11.4 Å². The van der Waals surface area contributed by atoms with E-state index in [0.717, 1.165) is 21.8 Å². The summed E-state index contributed by atoms with van der Waals surface area (Å²) in [4.78, 5) is 12.8. The van der Waals surface area contributed by atoms with Crippen molar-refractivity contribution in [3.8, 4) is 5.75 Å². The Morgan fingerprint density at radius 3 is 2.84 bits per heavy atom. The zero-order valence-corrected chi connectivity index (χ0v) is 11.9. The Morgan fingerprint density at radius 2 is 2.21 bits per heavy atom. The minimum atomic E-state index is 0.0518. The Bertz CT molecular complexity index is 549. The van der Waals surface area contributed by atoms with Crippen LogP contribution in [-0.4, -0.2) is 13.0 Å². The lowest BCUT2D eigenvalue weighted by atomic mass is 10.1. The minimum Gasteiger partial charge on any atom is -0.496 e. The zero-order valence-electron chi connectivity index (χ0n) is 11.1. The van der Waals surface area contributed by atoms with Gasteiger partial charge in [-0.3, -0.25) is 4.79 Å². The largest absolute Gasteiger partial charge is 0.496 e. The molecule has 4 heteroatoms. The smallest absolute Gasteiger partial charge is 0.225 e. The summed E-state index contributed by atoms with van der Waals surface area (Å²) < 4.78 is 5.21. The molecule has 0 aliphatic carbocycles. The topological polar surface area (TPSA) is 38.3 Å². The highest BCUT2D eigenvalue weighted by atomic mass is 32.1. The molecule has 0 aliphatic rings. The highest BCUT2D eigenvalue weighted by Crippen LogP contribution is 2.18. The molecule has 0 spiro atoms. The molecule has 1 amide bonds. The van der Waals surface area contributed by atoms with Crippen LogP contribution in [-0.2, 0) is 17.8 Å². The van der Waals surface area contributed by atoms with Crippen LogP contribution >= 0.6 is 11.3 Å². The highest BCUT2D eigenvalue weighted by Gasteiger charge is 2.05. The number of nitrogens with one attached hydrogen (secondary N) is 1. The van der Waals surface area contributed by atoms with E-state index in [0.29, 0.717) is 13.0 Å². The van der Waals surface area contributed by atoms with Crippen molar-refractivity contribution in [2.24, 2.45) is 0 Å². The molecule has 3 nitrogen and oxygen atoms in total. The van der Waals surface area contributed by atoms with Gasteiger partial charge in [0.25, 0.3) is 0 Å². The summed E-state index contributed by atoms with van der Waals surface area (Å²) in [5.41, 5.74) is 2.16. The van der Waals surface area contributed by atoms with Gasteiger partial charge in [-0.25, -0.2) is 0 Å². The van der Waals surface area contributed by atoms with Crippen LogP contribution in [0.15, 0.2) is 35.7 Å². The molecule has 1 aromatic heterocycles. The molecule has 2 rings (SSSR count). The van der Waals surface area contributed by atoms with Crippen LogP contribution in [0.3, 0.4) is 0 Å². The fourth-order valence-electron chi connectivity index (χ4n) is 1.89. The lowest BCUT2D eigenvalue weighted by Gasteiger charge is -2.08. The maximum Gasteiger partial charge on any atom is 0.225 e. The molecule has 0 aliphatic heterocycles. The van der Waals surface area contributed by atoms with Gasteiger partial charge in [-0.1, -0.05) is 18.2 Å². The summed E-state index contributed by atoms with van der Waals surface area (Å²) >= 11 is 1.60. The molecule has 0 unspecified atom stereocenters. The van der Waals surface area contributed by atoms with Crippen LogP contribution in [0.1, 0.15) is 16.0 Å². The maximum absolute atomic E-state index is 11.8. The van der Waals surface area contributed by atoms with Crippen molar-refractivity contribution in [2.75, 3.05) is 7.11 Å². The van der Waals surface area contributed by atoms with E-state index in [1.807, 2.05) is 42.6 Å². The SMILES string of the molecule is COc1ccc(CNC(=O)Cc2cccs2)cc1C. The molecular formula is C15H17NO2S. The third-order valence-corrected chi connectivity index (χ3v) is 3.74. The third kappa shape index (κ3) is 3.83. The maximum atomic E-state index is 11.8. The second-order valence-corrected chi connectivity index (χ2v) is 5.37. The van der Waals surface area contributed by atoms with Gasteiger partial charge < -0.3 is 10.1 Å². The van der Waals surface area contributed by atoms with Crippen LogP contribution in [0, 0.1) is 6.92 Å². The Hall–Kier alpha value is -1.81. The first kappa shape index (κ1) is 13.6. The van der Waals surface area contributed by atoms with Gasteiger partial charge in [0.15, 0.2) is 0 Å². The lowest BCUT2D eigenvalue weighted by Crippen LogP contribution is -2.24. The van der Waals surface area contributed by atoms with Crippen molar-refractivity contribution >= 4 is 17.2 Å². The highest BCUT2D eigenvalue weighted by molar-refractivity contribution is 7.10. The predicted octanol–water partition coefficient (Wildman–Crippen LogP) is 2.92. The Balaban J connectivity index is 1.88. The van der Waals surface area contributed by atoms with Crippen LogP contribution < -0.4 is 10.1 Å². The average Bonchev–Trinajstić information content (AvgIpc) is 2.89. The Kier molecular flexibility index (Phi) is 4.58. The number of thiophene rings is 1. The number of hydrogen-bond donors (Lipinski definition) is 1. The predicted molar refractivity (Wildman–Crippen MR) is 77.6 cm³/mol. The van der Waals surface area contributed by atoms with Gasteiger partial charge in [-0.15, -0.1) is 11.3 Å². The van der Waals surface area contributed by atoms with E-state index >= 15 is 0 Å². The zero-order chi connectivity index (χ0) is 13.7. The molecule has 19 heavy (non-hydrogen) atoms. The van der Waals surface area contributed by atoms with Gasteiger partial charge in [-0.05, 0) is 35.6 Å². The normalized spacial score (nSPS) is 10.2. The minimum absolute atomic E-state index is 0.0518. The molecule has 0 atom stereocenters. The van der Waals surface area contributed by atoms with E-state index in [1.54, 1.807) is 18.4 Å². The van der Waals surface area contributed by atoms with Crippen molar-refractivity contribution in [3.63, 3.8) is 0 Å². The standard InChI is InChI=1S/C15H17NO2S/c1-11-8-12(5-6-14(11)18-2)10-16-15(17)9-13-4-3-7-19-13/h3-8H,9-10H2,1-2H3,(H,16,17). The number of ether oxygens (including phenoxy) is 1. The number of methoxy groups -OCH3 is 1. The summed E-state index contributed by atoms with van der Waals surface area (Å²) in [6, 6.07) is 9.86. The Morgan fingerprint density at radius 1 is 1.37 bits per heavy atom. The first-order valence-electron chi connectivity index (χ1n) is 6.11. The molecule has 100 valence electrons. The summed E-state index contributed by atoms with van der Waals surface area (Å²) in [5, 5.41) is 4.91. The van der Waals surface area contributed by atoms with Crippen molar-refractivity contribution in [2.45, 2.75) is 19.9 Å². The van der Waals surface area contributed by atoms with Gasteiger partial charge in [0.05, 0.1) is 13.5 Å². The number of amides is 1. The van der Waals surface area contributed by atoms with Gasteiger partial charge in [0.2, 0.25) is 5.91 Å². The second kappa shape index (κ2) is 6.38. The molecule has 0 bridgehead atoms. The van der Waals surface area contributed by atoms with E-state index in [4.69, 9.17) is 4.74 Å².